The molecule has 0 spiro atoms. The molecule has 3 aromatic rings. The van der Waals surface area contributed by atoms with Crippen LogP contribution in [0.2, 0.25) is 0 Å². The summed E-state index contributed by atoms with van der Waals surface area (Å²) in [6.45, 7) is 8.26. The topological polar surface area (TPSA) is 45.8 Å². The number of rotatable bonds is 4. The first-order chi connectivity index (χ1) is 10.9. The predicted molar refractivity (Wildman–Crippen MR) is 101 cm³/mol. The number of aromatic nitrogens is 2. The predicted octanol–water partition coefficient (Wildman–Crippen LogP) is 4.65. The Kier molecular flexibility index (Phi) is 4.60. The molecule has 0 unspecified atom stereocenters. The van der Waals surface area contributed by atoms with Crippen LogP contribution in [0.3, 0.4) is 0 Å². The lowest BCUT2D eigenvalue weighted by Gasteiger charge is -2.05. The second kappa shape index (κ2) is 6.49. The van der Waals surface area contributed by atoms with Crippen molar-refractivity contribution in [2.75, 3.05) is 0 Å². The van der Waals surface area contributed by atoms with Crippen LogP contribution < -0.4 is 5.56 Å². The number of fused-ring (bicyclic) bond motifs is 1. The van der Waals surface area contributed by atoms with Crippen LogP contribution >= 0.6 is 23.1 Å². The van der Waals surface area contributed by atoms with Gasteiger partial charge in [0.25, 0.3) is 5.56 Å². The molecule has 0 saturated carbocycles. The van der Waals surface area contributed by atoms with Crippen LogP contribution in [0.5, 0.6) is 0 Å². The third-order valence-electron chi connectivity index (χ3n) is 3.88. The zero-order valence-corrected chi connectivity index (χ0v) is 15.5. The van der Waals surface area contributed by atoms with Crippen molar-refractivity contribution in [1.29, 1.82) is 0 Å². The minimum atomic E-state index is -0.0150. The highest BCUT2D eigenvalue weighted by molar-refractivity contribution is 7.97. The lowest BCUT2D eigenvalue weighted by molar-refractivity contribution is 1.04. The standard InChI is InChI=1S/C18H20N2OS2/c1-10-5-11(2)7-14(6-10)8-22-9-15-19-17(21)16-12(3)13(4)23-18(16)20-15/h5-7H,8-9H2,1-4H3,(H,19,20,21). The van der Waals surface area contributed by atoms with Crippen molar-refractivity contribution in [2.45, 2.75) is 39.2 Å². The van der Waals surface area contributed by atoms with Gasteiger partial charge in [-0.05, 0) is 38.8 Å². The fourth-order valence-corrected chi connectivity index (χ4v) is 4.67. The number of nitrogens with one attached hydrogen (secondary N) is 1. The van der Waals surface area contributed by atoms with E-state index in [1.807, 2.05) is 13.8 Å². The maximum absolute atomic E-state index is 12.3. The molecule has 0 atom stereocenters. The zero-order chi connectivity index (χ0) is 16.6. The van der Waals surface area contributed by atoms with Gasteiger partial charge in [0.1, 0.15) is 10.7 Å². The minimum absolute atomic E-state index is 0.0150. The van der Waals surface area contributed by atoms with E-state index >= 15 is 0 Å². The Morgan fingerprint density at radius 1 is 1.09 bits per heavy atom. The number of H-pyrrole nitrogens is 1. The smallest absolute Gasteiger partial charge is 0.259 e. The van der Waals surface area contributed by atoms with Gasteiger partial charge >= 0.3 is 0 Å². The Hall–Kier alpha value is -1.59. The molecule has 0 aliphatic heterocycles. The summed E-state index contributed by atoms with van der Waals surface area (Å²) in [6, 6.07) is 6.61. The summed E-state index contributed by atoms with van der Waals surface area (Å²) in [5, 5.41) is 0.746. The number of hydrogen-bond donors (Lipinski definition) is 1. The molecule has 0 bridgehead atoms. The third kappa shape index (κ3) is 3.51. The first-order valence-corrected chi connectivity index (χ1v) is 9.55. The van der Waals surface area contributed by atoms with E-state index in [9.17, 15) is 4.79 Å². The van der Waals surface area contributed by atoms with Crippen molar-refractivity contribution in [3.05, 3.63) is 61.5 Å². The molecule has 2 aromatic heterocycles. The second-order valence-electron chi connectivity index (χ2n) is 5.96. The van der Waals surface area contributed by atoms with E-state index < -0.39 is 0 Å². The molecule has 1 N–H and O–H groups in total. The van der Waals surface area contributed by atoms with Crippen molar-refractivity contribution >= 4 is 33.3 Å². The maximum atomic E-state index is 12.3. The van der Waals surface area contributed by atoms with Gasteiger partial charge in [-0.15, -0.1) is 23.1 Å². The summed E-state index contributed by atoms with van der Waals surface area (Å²) in [5.74, 6) is 2.40. The van der Waals surface area contributed by atoms with Crippen LogP contribution in [-0.4, -0.2) is 9.97 Å². The molecule has 120 valence electrons. The number of benzene rings is 1. The molecule has 5 heteroatoms. The monoisotopic (exact) mass is 344 g/mol. The Balaban J connectivity index is 1.76. The lowest BCUT2D eigenvalue weighted by Crippen LogP contribution is -2.10. The van der Waals surface area contributed by atoms with Gasteiger partial charge in [-0.3, -0.25) is 4.79 Å². The van der Waals surface area contributed by atoms with Crippen LogP contribution in [0.1, 0.15) is 33.0 Å². The maximum Gasteiger partial charge on any atom is 0.259 e. The molecule has 2 heterocycles. The first-order valence-electron chi connectivity index (χ1n) is 7.58. The fraction of sp³-hybridized carbons (Fsp3) is 0.333. The molecule has 0 aliphatic carbocycles. The number of nitrogens with zero attached hydrogens (tertiary/aromatic N) is 1. The fourth-order valence-electron chi connectivity index (χ4n) is 2.79. The third-order valence-corrected chi connectivity index (χ3v) is 5.99. The van der Waals surface area contributed by atoms with Gasteiger partial charge in [0.05, 0.1) is 11.1 Å². The van der Waals surface area contributed by atoms with E-state index in [-0.39, 0.29) is 5.56 Å². The summed E-state index contributed by atoms with van der Waals surface area (Å²) in [7, 11) is 0. The van der Waals surface area contributed by atoms with Gasteiger partial charge < -0.3 is 4.98 Å². The Morgan fingerprint density at radius 3 is 2.48 bits per heavy atom. The lowest BCUT2D eigenvalue weighted by atomic mass is 10.1. The number of aryl methyl sites for hydroxylation is 4. The summed E-state index contributed by atoms with van der Waals surface area (Å²) in [4.78, 5) is 21.8. The van der Waals surface area contributed by atoms with E-state index in [1.165, 1.54) is 16.7 Å². The van der Waals surface area contributed by atoms with Crippen molar-refractivity contribution in [3.63, 3.8) is 0 Å². The Morgan fingerprint density at radius 2 is 1.78 bits per heavy atom. The highest BCUT2D eigenvalue weighted by Gasteiger charge is 2.11. The molecule has 0 aliphatic rings. The van der Waals surface area contributed by atoms with Gasteiger partial charge in [-0.2, -0.15) is 0 Å². The van der Waals surface area contributed by atoms with Crippen LogP contribution in [0.25, 0.3) is 10.2 Å². The molecule has 3 nitrogen and oxygen atoms in total. The van der Waals surface area contributed by atoms with E-state index in [4.69, 9.17) is 0 Å². The highest BCUT2D eigenvalue weighted by atomic mass is 32.2. The quantitative estimate of drug-likeness (QED) is 0.749. The van der Waals surface area contributed by atoms with Crippen molar-refractivity contribution in [1.82, 2.24) is 9.97 Å². The summed E-state index contributed by atoms with van der Waals surface area (Å²) < 4.78 is 0. The van der Waals surface area contributed by atoms with Gasteiger partial charge in [0.15, 0.2) is 0 Å². The molecular weight excluding hydrogens is 324 g/mol. The molecule has 1 aromatic carbocycles. The average molecular weight is 345 g/mol. The van der Waals surface area contributed by atoms with Gasteiger partial charge in [-0.1, -0.05) is 29.3 Å². The largest absolute Gasteiger partial charge is 0.309 e. The summed E-state index contributed by atoms with van der Waals surface area (Å²) >= 11 is 3.38. The number of thiophene rings is 1. The highest BCUT2D eigenvalue weighted by Crippen LogP contribution is 2.26. The molecule has 0 amide bonds. The molecule has 3 rings (SSSR count). The molecule has 0 fully saturated rings. The van der Waals surface area contributed by atoms with Crippen LogP contribution in [0.4, 0.5) is 0 Å². The molecule has 0 saturated heterocycles. The SMILES string of the molecule is Cc1cc(C)cc(CSCc2nc3sc(C)c(C)c3c(=O)[nH]2)c1. The summed E-state index contributed by atoms with van der Waals surface area (Å²) in [5.41, 5.74) is 4.93. The number of hydrogen-bond acceptors (Lipinski definition) is 4. The second-order valence-corrected chi connectivity index (χ2v) is 8.15. The van der Waals surface area contributed by atoms with E-state index in [0.29, 0.717) is 5.75 Å². The van der Waals surface area contributed by atoms with Gasteiger partial charge in [0.2, 0.25) is 0 Å². The summed E-state index contributed by atoms with van der Waals surface area (Å²) in [6.07, 6.45) is 0. The molecule has 0 radical (unpaired) electrons. The zero-order valence-electron chi connectivity index (χ0n) is 13.8. The number of thioether (sulfide) groups is 1. The van der Waals surface area contributed by atoms with Crippen LogP contribution in [-0.2, 0) is 11.5 Å². The molecular formula is C18H20N2OS2. The van der Waals surface area contributed by atoms with Crippen LogP contribution in [0.15, 0.2) is 23.0 Å². The van der Waals surface area contributed by atoms with E-state index in [0.717, 1.165) is 32.2 Å². The van der Waals surface area contributed by atoms with Gasteiger partial charge in [0, 0.05) is 10.6 Å². The van der Waals surface area contributed by atoms with Crippen molar-refractivity contribution < 1.29 is 0 Å². The van der Waals surface area contributed by atoms with E-state index in [2.05, 4.69) is 42.0 Å². The normalized spacial score (nSPS) is 11.3. The average Bonchev–Trinajstić information content (AvgIpc) is 2.73. The van der Waals surface area contributed by atoms with Crippen LogP contribution in [0, 0.1) is 27.7 Å². The Bertz CT molecular complexity index is 904. The molecule has 23 heavy (non-hydrogen) atoms. The minimum Gasteiger partial charge on any atom is -0.309 e. The first kappa shape index (κ1) is 16.3. The number of aromatic amines is 1. The Labute approximate surface area is 144 Å². The van der Waals surface area contributed by atoms with E-state index in [1.54, 1.807) is 23.1 Å². The van der Waals surface area contributed by atoms with Crippen molar-refractivity contribution in [2.24, 2.45) is 0 Å². The van der Waals surface area contributed by atoms with Gasteiger partial charge in [-0.25, -0.2) is 4.98 Å². The van der Waals surface area contributed by atoms with Crippen molar-refractivity contribution in [3.8, 4) is 0 Å².